The molecule has 2 aromatic rings. The average Bonchev–Trinajstić information content (AvgIpc) is 3.21. The maximum atomic E-state index is 13.0. The number of carbonyl (C=O) groups excluding carboxylic acids is 1. The Balaban J connectivity index is 1.37. The summed E-state index contributed by atoms with van der Waals surface area (Å²) in [5.41, 5.74) is 2.66. The topological polar surface area (TPSA) is 65.9 Å². The van der Waals surface area contributed by atoms with Gasteiger partial charge in [-0.2, -0.15) is 0 Å². The first-order chi connectivity index (χ1) is 13.1. The summed E-state index contributed by atoms with van der Waals surface area (Å²) < 4.78 is 18.5. The average molecular weight is 371 g/mol. The first kappa shape index (κ1) is 17.7. The summed E-state index contributed by atoms with van der Waals surface area (Å²) in [7, 11) is 0. The highest BCUT2D eigenvalue weighted by atomic mass is 19.1. The minimum atomic E-state index is -0.255. The minimum absolute atomic E-state index is 0.0245. The molecule has 2 saturated heterocycles. The van der Waals surface area contributed by atoms with Crippen molar-refractivity contribution in [1.82, 2.24) is 9.88 Å². The van der Waals surface area contributed by atoms with E-state index in [2.05, 4.69) is 9.88 Å². The van der Waals surface area contributed by atoms with Gasteiger partial charge in [0.15, 0.2) is 0 Å². The minimum Gasteiger partial charge on any atom is -0.442 e. The summed E-state index contributed by atoms with van der Waals surface area (Å²) in [4.78, 5) is 20.3. The lowest BCUT2D eigenvalue weighted by Gasteiger charge is -2.23. The number of halogens is 1. The van der Waals surface area contributed by atoms with Gasteiger partial charge in [-0.05, 0) is 42.7 Å². The van der Waals surface area contributed by atoms with Crippen LogP contribution in [0.2, 0.25) is 0 Å². The SMILES string of the molecule is O=C1O[C@H]2CN(c3ccnc(CO)c3)C[C@H]2N1CCCc1ccc(F)cc1. The maximum Gasteiger partial charge on any atom is 0.410 e. The van der Waals surface area contributed by atoms with Gasteiger partial charge < -0.3 is 14.7 Å². The number of aromatic nitrogens is 1. The smallest absolute Gasteiger partial charge is 0.410 e. The Bertz CT molecular complexity index is 814. The van der Waals surface area contributed by atoms with Crippen molar-refractivity contribution in [3.8, 4) is 0 Å². The van der Waals surface area contributed by atoms with Crippen molar-refractivity contribution >= 4 is 11.8 Å². The van der Waals surface area contributed by atoms with Gasteiger partial charge in [0.05, 0.1) is 24.9 Å². The van der Waals surface area contributed by atoms with Crippen LogP contribution in [-0.4, -0.2) is 52.9 Å². The van der Waals surface area contributed by atoms with Crippen LogP contribution >= 0.6 is 0 Å². The molecule has 2 fully saturated rings. The zero-order valence-corrected chi connectivity index (χ0v) is 14.9. The number of amides is 1. The molecule has 2 aliphatic heterocycles. The Morgan fingerprint density at radius 3 is 2.81 bits per heavy atom. The number of aryl methyl sites for hydroxylation is 1. The van der Waals surface area contributed by atoms with Gasteiger partial charge in [-0.25, -0.2) is 9.18 Å². The molecule has 0 aliphatic carbocycles. The zero-order chi connectivity index (χ0) is 18.8. The normalized spacial score (nSPS) is 21.5. The third kappa shape index (κ3) is 3.73. The molecule has 0 unspecified atom stereocenters. The molecule has 0 bridgehead atoms. The third-order valence-corrected chi connectivity index (χ3v) is 5.23. The maximum absolute atomic E-state index is 13.0. The van der Waals surface area contributed by atoms with Gasteiger partial charge in [0.2, 0.25) is 0 Å². The summed E-state index contributed by atoms with van der Waals surface area (Å²) in [6.07, 6.45) is 2.87. The fraction of sp³-hybridized carbons (Fsp3) is 0.400. The molecule has 6 nitrogen and oxygen atoms in total. The van der Waals surface area contributed by atoms with Crippen LogP contribution in [-0.2, 0) is 17.8 Å². The fourth-order valence-electron chi connectivity index (χ4n) is 3.83. The Morgan fingerprint density at radius 2 is 2.04 bits per heavy atom. The molecule has 4 rings (SSSR count). The van der Waals surface area contributed by atoms with Gasteiger partial charge in [-0.1, -0.05) is 12.1 Å². The van der Waals surface area contributed by atoms with E-state index in [9.17, 15) is 14.3 Å². The number of benzene rings is 1. The van der Waals surface area contributed by atoms with Gasteiger partial charge in [0.1, 0.15) is 11.9 Å². The van der Waals surface area contributed by atoms with E-state index in [0.717, 1.165) is 24.1 Å². The van der Waals surface area contributed by atoms with Crippen LogP contribution in [0.15, 0.2) is 42.6 Å². The monoisotopic (exact) mass is 371 g/mol. The number of aliphatic hydroxyl groups is 1. The van der Waals surface area contributed by atoms with Crippen molar-refractivity contribution < 1.29 is 19.0 Å². The van der Waals surface area contributed by atoms with E-state index in [1.165, 1.54) is 12.1 Å². The van der Waals surface area contributed by atoms with E-state index in [0.29, 0.717) is 25.3 Å². The molecule has 1 amide bonds. The molecule has 1 aromatic heterocycles. The molecule has 0 radical (unpaired) electrons. The first-order valence-corrected chi connectivity index (χ1v) is 9.16. The van der Waals surface area contributed by atoms with Crippen molar-refractivity contribution in [3.63, 3.8) is 0 Å². The largest absolute Gasteiger partial charge is 0.442 e. The van der Waals surface area contributed by atoms with Crippen molar-refractivity contribution in [1.29, 1.82) is 0 Å². The van der Waals surface area contributed by atoms with Crippen LogP contribution in [0.1, 0.15) is 17.7 Å². The molecular formula is C20H22FN3O3. The molecule has 2 atom stereocenters. The standard InChI is InChI=1S/C20H22FN3O3/c21-15-5-3-14(4-6-15)2-1-9-24-18-11-23(12-19(18)27-20(24)26)17-7-8-22-16(10-17)13-25/h3-8,10,18-19,25H,1-2,9,11-13H2/t18-,19+/m1/s1. The summed E-state index contributed by atoms with van der Waals surface area (Å²) in [6, 6.07) is 10.3. The molecule has 27 heavy (non-hydrogen) atoms. The number of anilines is 1. The Morgan fingerprint density at radius 1 is 1.22 bits per heavy atom. The lowest BCUT2D eigenvalue weighted by atomic mass is 10.1. The van der Waals surface area contributed by atoms with Crippen LogP contribution in [0.5, 0.6) is 0 Å². The number of nitrogens with zero attached hydrogens (tertiary/aromatic N) is 3. The molecule has 2 aliphatic rings. The van der Waals surface area contributed by atoms with Crippen LogP contribution < -0.4 is 4.90 Å². The van der Waals surface area contributed by atoms with Gasteiger partial charge in [0, 0.05) is 25.0 Å². The van der Waals surface area contributed by atoms with E-state index in [1.807, 2.05) is 17.0 Å². The van der Waals surface area contributed by atoms with Gasteiger partial charge in [0.25, 0.3) is 0 Å². The van der Waals surface area contributed by atoms with E-state index in [1.54, 1.807) is 18.3 Å². The highest BCUT2D eigenvalue weighted by Crippen LogP contribution is 2.30. The Labute approximate surface area is 157 Å². The number of hydrogen-bond acceptors (Lipinski definition) is 5. The number of rotatable bonds is 6. The number of aliphatic hydroxyl groups excluding tert-OH is 1. The molecule has 142 valence electrons. The number of pyridine rings is 1. The van der Waals surface area contributed by atoms with Crippen molar-refractivity contribution in [2.45, 2.75) is 31.6 Å². The lowest BCUT2D eigenvalue weighted by molar-refractivity contribution is 0.135. The molecule has 7 heteroatoms. The van der Waals surface area contributed by atoms with Gasteiger partial charge in [-0.15, -0.1) is 0 Å². The predicted octanol–water partition coefficient (Wildman–Crippen LogP) is 2.36. The molecule has 1 N–H and O–H groups in total. The molecule has 0 spiro atoms. The molecule has 1 aromatic carbocycles. The number of hydrogen-bond donors (Lipinski definition) is 1. The van der Waals surface area contributed by atoms with E-state index >= 15 is 0 Å². The quantitative estimate of drug-likeness (QED) is 0.844. The van der Waals surface area contributed by atoms with Crippen molar-refractivity contribution in [2.75, 3.05) is 24.5 Å². The Kier molecular flexibility index (Phi) is 4.94. The summed E-state index contributed by atoms with van der Waals surface area (Å²) in [5, 5.41) is 9.27. The number of carbonyl (C=O) groups is 1. The second kappa shape index (κ2) is 7.52. The second-order valence-electron chi connectivity index (χ2n) is 6.98. The van der Waals surface area contributed by atoms with Crippen LogP contribution in [0.25, 0.3) is 0 Å². The number of fused-ring (bicyclic) bond motifs is 1. The van der Waals surface area contributed by atoms with E-state index in [4.69, 9.17) is 4.74 Å². The van der Waals surface area contributed by atoms with Crippen LogP contribution in [0.4, 0.5) is 14.9 Å². The van der Waals surface area contributed by atoms with E-state index < -0.39 is 0 Å². The highest BCUT2D eigenvalue weighted by Gasteiger charge is 2.47. The summed E-state index contributed by atoms with van der Waals surface area (Å²) in [6.45, 7) is 1.85. The van der Waals surface area contributed by atoms with Gasteiger partial charge in [-0.3, -0.25) is 9.88 Å². The molecular weight excluding hydrogens is 349 g/mol. The summed E-state index contributed by atoms with van der Waals surface area (Å²) >= 11 is 0. The predicted molar refractivity (Wildman–Crippen MR) is 97.9 cm³/mol. The molecule has 0 saturated carbocycles. The Hall–Kier alpha value is -2.67. The second-order valence-corrected chi connectivity index (χ2v) is 6.98. The zero-order valence-electron chi connectivity index (χ0n) is 14.9. The fourth-order valence-corrected chi connectivity index (χ4v) is 3.83. The highest BCUT2D eigenvalue weighted by molar-refractivity contribution is 5.72. The summed E-state index contributed by atoms with van der Waals surface area (Å²) in [5.74, 6) is -0.240. The van der Waals surface area contributed by atoms with E-state index in [-0.39, 0.29) is 30.7 Å². The van der Waals surface area contributed by atoms with Crippen molar-refractivity contribution in [3.05, 3.63) is 59.7 Å². The third-order valence-electron chi connectivity index (χ3n) is 5.23. The molecule has 3 heterocycles. The van der Waals surface area contributed by atoms with Gasteiger partial charge >= 0.3 is 6.09 Å². The lowest BCUT2D eigenvalue weighted by Crippen LogP contribution is -2.38. The van der Waals surface area contributed by atoms with Crippen LogP contribution in [0.3, 0.4) is 0 Å². The number of ether oxygens (including phenoxy) is 1. The van der Waals surface area contributed by atoms with Crippen LogP contribution in [0, 0.1) is 5.82 Å². The van der Waals surface area contributed by atoms with Crippen molar-refractivity contribution in [2.24, 2.45) is 0 Å². The first-order valence-electron chi connectivity index (χ1n) is 9.16.